The van der Waals surface area contributed by atoms with E-state index in [2.05, 4.69) is 29.4 Å². The predicted octanol–water partition coefficient (Wildman–Crippen LogP) is 3.89. The van der Waals surface area contributed by atoms with Crippen LogP contribution in [0.15, 0.2) is 29.8 Å². The summed E-state index contributed by atoms with van der Waals surface area (Å²) in [6.07, 6.45) is 1.23. The third-order valence-corrected chi connectivity index (χ3v) is 3.75. The average molecular weight is 276 g/mol. The Morgan fingerprint density at radius 1 is 1.26 bits per heavy atom. The van der Waals surface area contributed by atoms with Crippen molar-refractivity contribution in [1.82, 2.24) is 4.98 Å². The maximum absolute atomic E-state index is 5.61. The second-order valence-electron chi connectivity index (χ2n) is 4.73. The molecule has 2 rings (SSSR count). The third-order valence-electron chi connectivity index (χ3n) is 2.75. The Hall–Kier alpha value is -1.55. The molecule has 0 fully saturated rings. The summed E-state index contributed by atoms with van der Waals surface area (Å²) in [6.45, 7) is 7.05. The van der Waals surface area contributed by atoms with Crippen molar-refractivity contribution in [2.75, 3.05) is 11.9 Å². The molecule has 0 bridgehead atoms. The van der Waals surface area contributed by atoms with Gasteiger partial charge in [-0.3, -0.25) is 0 Å². The van der Waals surface area contributed by atoms with Gasteiger partial charge in [-0.05, 0) is 45.0 Å². The molecule has 0 aliphatic carbocycles. The molecule has 2 aromatic rings. The van der Waals surface area contributed by atoms with Crippen LogP contribution < -0.4 is 10.1 Å². The van der Waals surface area contributed by atoms with Gasteiger partial charge in [0, 0.05) is 23.5 Å². The van der Waals surface area contributed by atoms with Gasteiger partial charge in [-0.1, -0.05) is 0 Å². The minimum Gasteiger partial charge on any atom is -0.491 e. The molecular formula is C15H20N2OS. The maximum Gasteiger partial charge on any atom is 0.119 e. The minimum absolute atomic E-state index is 0.216. The number of nitrogens with zero attached hydrogens (tertiary/aromatic N) is 1. The summed E-state index contributed by atoms with van der Waals surface area (Å²) in [5, 5.41) is 3.41. The summed E-state index contributed by atoms with van der Waals surface area (Å²) in [6, 6.07) is 8.11. The van der Waals surface area contributed by atoms with Gasteiger partial charge in [0.05, 0.1) is 17.3 Å². The molecule has 0 saturated carbocycles. The van der Waals surface area contributed by atoms with Gasteiger partial charge in [0.1, 0.15) is 5.75 Å². The maximum atomic E-state index is 5.61. The zero-order chi connectivity index (χ0) is 13.7. The topological polar surface area (TPSA) is 34.2 Å². The Kier molecular flexibility index (Phi) is 4.80. The summed E-state index contributed by atoms with van der Waals surface area (Å²) in [5.41, 5.74) is 4.17. The molecule has 1 N–H and O–H groups in total. The quantitative estimate of drug-likeness (QED) is 0.869. The van der Waals surface area contributed by atoms with Crippen molar-refractivity contribution in [3.8, 4) is 5.75 Å². The Bertz CT molecular complexity index is 505. The van der Waals surface area contributed by atoms with Crippen molar-refractivity contribution in [2.45, 2.75) is 33.3 Å². The van der Waals surface area contributed by atoms with Crippen LogP contribution in [0.4, 0.5) is 5.69 Å². The highest BCUT2D eigenvalue weighted by Crippen LogP contribution is 2.17. The highest BCUT2D eigenvalue weighted by molar-refractivity contribution is 7.09. The molecule has 0 atom stereocenters. The van der Waals surface area contributed by atoms with Crippen LogP contribution in [0.2, 0.25) is 0 Å². The van der Waals surface area contributed by atoms with Crippen LogP contribution in [0.1, 0.15) is 24.4 Å². The fourth-order valence-electron chi connectivity index (χ4n) is 1.81. The molecule has 0 aliphatic rings. The largest absolute Gasteiger partial charge is 0.491 e. The molecule has 0 amide bonds. The van der Waals surface area contributed by atoms with E-state index in [-0.39, 0.29) is 6.10 Å². The van der Waals surface area contributed by atoms with Crippen LogP contribution in [-0.4, -0.2) is 17.6 Å². The smallest absolute Gasteiger partial charge is 0.119 e. The van der Waals surface area contributed by atoms with Gasteiger partial charge in [-0.2, -0.15) is 0 Å². The lowest BCUT2D eigenvalue weighted by Crippen LogP contribution is -2.06. The normalized spacial score (nSPS) is 10.7. The van der Waals surface area contributed by atoms with Gasteiger partial charge >= 0.3 is 0 Å². The number of anilines is 1. The van der Waals surface area contributed by atoms with E-state index in [9.17, 15) is 0 Å². The molecule has 1 heterocycles. The molecule has 1 aromatic carbocycles. The van der Waals surface area contributed by atoms with Gasteiger partial charge in [0.25, 0.3) is 0 Å². The molecule has 0 unspecified atom stereocenters. The SMILES string of the molecule is Cc1ncsc1CCNc1ccc(OC(C)C)cc1. The van der Waals surface area contributed by atoms with Crippen LogP contribution in [0.25, 0.3) is 0 Å². The minimum atomic E-state index is 0.216. The lowest BCUT2D eigenvalue weighted by atomic mass is 10.2. The Morgan fingerprint density at radius 2 is 2.00 bits per heavy atom. The van der Waals surface area contributed by atoms with E-state index in [1.54, 1.807) is 11.3 Å². The first-order valence-corrected chi connectivity index (χ1v) is 7.42. The van der Waals surface area contributed by atoms with E-state index in [1.165, 1.54) is 4.88 Å². The number of ether oxygens (including phenoxy) is 1. The van der Waals surface area contributed by atoms with Gasteiger partial charge in [0.2, 0.25) is 0 Å². The van der Waals surface area contributed by atoms with Crippen LogP contribution in [0.3, 0.4) is 0 Å². The Labute approximate surface area is 118 Å². The highest BCUT2D eigenvalue weighted by Gasteiger charge is 2.01. The first-order chi connectivity index (χ1) is 9.15. The van der Waals surface area contributed by atoms with Crippen molar-refractivity contribution in [2.24, 2.45) is 0 Å². The zero-order valence-electron chi connectivity index (χ0n) is 11.6. The van der Waals surface area contributed by atoms with Gasteiger partial charge in [-0.15, -0.1) is 11.3 Å². The van der Waals surface area contributed by atoms with E-state index in [1.807, 2.05) is 31.5 Å². The molecule has 1 aromatic heterocycles. The fraction of sp³-hybridized carbons (Fsp3) is 0.400. The molecule has 0 saturated heterocycles. The van der Waals surface area contributed by atoms with Crippen molar-refractivity contribution < 1.29 is 4.74 Å². The molecule has 4 heteroatoms. The predicted molar refractivity (Wildman–Crippen MR) is 81.3 cm³/mol. The second kappa shape index (κ2) is 6.57. The first kappa shape index (κ1) is 13.9. The Balaban J connectivity index is 1.81. The van der Waals surface area contributed by atoms with Crippen molar-refractivity contribution in [3.63, 3.8) is 0 Å². The number of benzene rings is 1. The zero-order valence-corrected chi connectivity index (χ0v) is 12.5. The summed E-state index contributed by atoms with van der Waals surface area (Å²) in [4.78, 5) is 5.61. The van der Waals surface area contributed by atoms with E-state index in [0.29, 0.717) is 0 Å². The van der Waals surface area contributed by atoms with E-state index < -0.39 is 0 Å². The van der Waals surface area contributed by atoms with Crippen molar-refractivity contribution in [1.29, 1.82) is 0 Å². The van der Waals surface area contributed by atoms with Gasteiger partial charge in [-0.25, -0.2) is 4.98 Å². The van der Waals surface area contributed by atoms with Crippen LogP contribution in [-0.2, 0) is 6.42 Å². The van der Waals surface area contributed by atoms with Crippen LogP contribution in [0, 0.1) is 6.92 Å². The third kappa shape index (κ3) is 4.24. The number of hydrogen-bond donors (Lipinski definition) is 1. The molecule has 3 nitrogen and oxygen atoms in total. The van der Waals surface area contributed by atoms with Crippen LogP contribution in [0.5, 0.6) is 5.75 Å². The first-order valence-electron chi connectivity index (χ1n) is 6.54. The number of rotatable bonds is 6. The number of thiazole rings is 1. The van der Waals surface area contributed by atoms with Crippen molar-refractivity contribution in [3.05, 3.63) is 40.3 Å². The molecule has 0 aliphatic heterocycles. The second-order valence-corrected chi connectivity index (χ2v) is 5.67. The fourth-order valence-corrected chi connectivity index (χ4v) is 2.59. The van der Waals surface area contributed by atoms with E-state index in [4.69, 9.17) is 4.74 Å². The monoisotopic (exact) mass is 276 g/mol. The average Bonchev–Trinajstić information content (AvgIpc) is 2.77. The van der Waals surface area contributed by atoms with Crippen LogP contribution >= 0.6 is 11.3 Å². The van der Waals surface area contributed by atoms with E-state index in [0.717, 1.165) is 30.1 Å². The molecule has 102 valence electrons. The van der Waals surface area contributed by atoms with E-state index >= 15 is 0 Å². The lowest BCUT2D eigenvalue weighted by molar-refractivity contribution is 0.242. The molecule has 0 radical (unpaired) electrons. The standard InChI is InChI=1S/C15H20N2OS/c1-11(2)18-14-6-4-13(5-7-14)16-9-8-15-12(3)17-10-19-15/h4-7,10-11,16H,8-9H2,1-3H3. The molecular weight excluding hydrogens is 256 g/mol. The van der Waals surface area contributed by atoms with Gasteiger partial charge < -0.3 is 10.1 Å². The number of hydrogen-bond acceptors (Lipinski definition) is 4. The summed E-state index contributed by atoms with van der Waals surface area (Å²) < 4.78 is 5.61. The number of aromatic nitrogens is 1. The molecule has 0 spiro atoms. The Morgan fingerprint density at radius 3 is 2.58 bits per heavy atom. The van der Waals surface area contributed by atoms with Crippen molar-refractivity contribution >= 4 is 17.0 Å². The summed E-state index contributed by atoms with van der Waals surface area (Å²) in [7, 11) is 0. The molecule has 19 heavy (non-hydrogen) atoms. The lowest BCUT2D eigenvalue weighted by Gasteiger charge is -2.11. The summed E-state index contributed by atoms with van der Waals surface area (Å²) in [5.74, 6) is 0.916. The highest BCUT2D eigenvalue weighted by atomic mass is 32.1. The summed E-state index contributed by atoms with van der Waals surface area (Å²) >= 11 is 1.72. The number of aryl methyl sites for hydroxylation is 1. The number of nitrogens with one attached hydrogen (secondary N) is 1. The van der Waals surface area contributed by atoms with Gasteiger partial charge in [0.15, 0.2) is 0 Å².